The first-order chi connectivity index (χ1) is 8.18. The maximum Gasteiger partial charge on any atom is 1.00 e. The molecule has 0 spiro atoms. The summed E-state index contributed by atoms with van der Waals surface area (Å²) in [4.78, 5) is 21.5. The summed E-state index contributed by atoms with van der Waals surface area (Å²) in [5.74, 6) is -2.68. The Kier molecular flexibility index (Phi) is 7.21. The average Bonchev–Trinajstić information content (AvgIpc) is 2.25. The van der Waals surface area contributed by atoms with Gasteiger partial charge >= 0.3 is 150 Å². The van der Waals surface area contributed by atoms with Gasteiger partial charge in [0.2, 0.25) is 0 Å². The second-order valence-electron chi connectivity index (χ2n) is 3.44. The summed E-state index contributed by atoms with van der Waals surface area (Å²) in [5, 5.41) is 8.95. The maximum atomic E-state index is 11.4. The number of hydrogen-bond donors (Lipinski definition) is 1. The van der Waals surface area contributed by atoms with E-state index in [2.05, 4.69) is 4.74 Å². The standard InChI is InChI=1S/C9H7O7S.2Na/c1-16-9(12)5-3-2-4-6(17(13,14)15)7(5)8(10)11;;/h3-4H,1H3,(H,10,11)(H,13,14,15);;/q;;+1/p-1. The summed E-state index contributed by atoms with van der Waals surface area (Å²) in [6, 6.07) is 2.17. The molecule has 19 heavy (non-hydrogen) atoms. The Hall–Kier alpha value is 0.0700. The molecular weight excluding hydrogens is 298 g/mol. The topological polar surface area (TPSA) is 121 Å². The second-order valence-corrected chi connectivity index (χ2v) is 5.94. The van der Waals surface area contributed by atoms with Gasteiger partial charge in [-0.05, 0) is 0 Å². The fraction of sp³-hybridized carbons (Fsp3) is 0.111. The van der Waals surface area contributed by atoms with Crippen molar-refractivity contribution in [1.82, 2.24) is 0 Å². The molecule has 92 valence electrons. The van der Waals surface area contributed by atoms with Gasteiger partial charge in [0.05, 0.1) is 0 Å². The molecule has 0 amide bonds. The Balaban J connectivity index is 0.00000324. The number of benzene rings is 1. The third-order valence-electron chi connectivity index (χ3n) is 2.14. The van der Waals surface area contributed by atoms with Crippen molar-refractivity contribution in [2.75, 3.05) is 7.11 Å². The van der Waals surface area contributed by atoms with Crippen molar-refractivity contribution in [2.45, 2.75) is 4.90 Å². The molecule has 0 aliphatic heterocycles. The minimum Gasteiger partial charge on any atom is 1.00 e. The monoisotopic (exact) mass is 304 g/mol. The Labute approximate surface area is 148 Å². The van der Waals surface area contributed by atoms with Crippen LogP contribution in [0.1, 0.15) is 20.7 Å². The molecule has 0 saturated carbocycles. The van der Waals surface area contributed by atoms with Crippen LogP contribution in [-0.4, -0.2) is 65.1 Å². The van der Waals surface area contributed by atoms with E-state index in [-0.39, 0.29) is 29.6 Å². The van der Waals surface area contributed by atoms with Crippen LogP contribution in [0.25, 0.3) is 0 Å². The molecule has 0 unspecified atom stereocenters. The molecule has 0 radical (unpaired) electrons. The summed E-state index contributed by atoms with van der Waals surface area (Å²) in [5.41, 5.74) is -1.29. The van der Waals surface area contributed by atoms with E-state index >= 15 is 0 Å². The molecule has 1 aromatic carbocycles. The van der Waals surface area contributed by atoms with Crippen LogP contribution < -0.4 is 32.4 Å². The van der Waals surface area contributed by atoms with Gasteiger partial charge in [-0.2, -0.15) is 0 Å². The van der Waals surface area contributed by atoms with Crippen LogP contribution in [0.4, 0.5) is 0 Å². The summed E-state index contributed by atoms with van der Waals surface area (Å²) in [7, 11) is -3.95. The van der Waals surface area contributed by atoms with Gasteiger partial charge in [-0.1, -0.05) is 0 Å². The largest absolute Gasteiger partial charge is 1.00 e. The van der Waals surface area contributed by atoms with Gasteiger partial charge in [0.15, 0.2) is 0 Å². The molecule has 0 fully saturated rings. The van der Waals surface area contributed by atoms with Crippen LogP contribution in [-0.2, 0) is 14.9 Å². The fourth-order valence-corrected chi connectivity index (χ4v) is 3.01. The fourth-order valence-electron chi connectivity index (χ4n) is 1.44. The molecule has 0 bridgehead atoms. The molecule has 7 nitrogen and oxygen atoms in total. The van der Waals surface area contributed by atoms with Gasteiger partial charge < -0.3 is 0 Å². The van der Waals surface area contributed by atoms with E-state index in [0.29, 0.717) is 30.7 Å². The first-order valence-corrected chi connectivity index (χ1v) is 7.01. The first kappa shape index (κ1) is 19.1. The molecule has 0 aromatic heterocycles. The Morgan fingerprint density at radius 1 is 1.37 bits per heavy atom. The number of ether oxygens (including phenoxy) is 1. The van der Waals surface area contributed by atoms with Crippen LogP contribution in [0, 0.1) is 0 Å². The number of aromatic carboxylic acids is 1. The van der Waals surface area contributed by atoms with Gasteiger partial charge in [0.1, 0.15) is 0 Å². The van der Waals surface area contributed by atoms with Crippen molar-refractivity contribution in [1.29, 1.82) is 0 Å². The number of carboxylic acids is 1. The van der Waals surface area contributed by atoms with Crippen molar-refractivity contribution in [3.63, 3.8) is 0 Å². The van der Waals surface area contributed by atoms with Crippen molar-refractivity contribution < 1.29 is 62.0 Å². The van der Waals surface area contributed by atoms with Crippen molar-refractivity contribution >= 4 is 52.8 Å². The van der Waals surface area contributed by atoms with Crippen LogP contribution in [0.3, 0.4) is 0 Å². The molecule has 0 aliphatic carbocycles. The summed E-state index contributed by atoms with van der Waals surface area (Å²) < 4.78 is 37.8. The van der Waals surface area contributed by atoms with Crippen LogP contribution >= 0.6 is 0 Å². The van der Waals surface area contributed by atoms with E-state index in [1.807, 2.05) is 0 Å². The number of carbonyl (C=O) groups excluding carboxylic acids is 1. The second kappa shape index (κ2) is 7.19. The van der Waals surface area contributed by atoms with E-state index < -0.39 is 38.1 Å². The Morgan fingerprint density at radius 2 is 1.89 bits per heavy atom. The predicted octanol–water partition coefficient (Wildman–Crippen LogP) is -4.13. The molecule has 1 N–H and O–H groups in total. The molecular formula is C9H6Na2O7S. The average molecular weight is 304 g/mol. The number of rotatable bonds is 3. The van der Waals surface area contributed by atoms with Crippen molar-refractivity contribution in [3.8, 4) is 0 Å². The Morgan fingerprint density at radius 3 is 2.26 bits per heavy atom. The third kappa shape index (κ3) is 4.54. The quantitative estimate of drug-likeness (QED) is 0.342. The zero-order valence-corrected chi connectivity index (χ0v) is 15.3. The molecule has 0 atom stereocenters. The third-order valence-corrected chi connectivity index (χ3v) is 3.57. The van der Waals surface area contributed by atoms with Gasteiger partial charge in [-0.3, -0.25) is 0 Å². The molecule has 1 aromatic rings. The molecule has 0 heterocycles. The van der Waals surface area contributed by atoms with Crippen LogP contribution in [0.2, 0.25) is 0 Å². The normalized spacial score (nSPS) is 10.5. The van der Waals surface area contributed by atoms with E-state index in [1.165, 1.54) is 6.07 Å². The number of methoxy groups -OCH3 is 1. The summed E-state index contributed by atoms with van der Waals surface area (Å²) in [6.45, 7) is 0. The van der Waals surface area contributed by atoms with Crippen LogP contribution in [0.5, 0.6) is 0 Å². The number of esters is 1. The van der Waals surface area contributed by atoms with Gasteiger partial charge in [-0.15, -0.1) is 0 Å². The van der Waals surface area contributed by atoms with E-state index in [4.69, 9.17) is 5.11 Å². The van der Waals surface area contributed by atoms with E-state index in [0.717, 1.165) is 13.2 Å². The van der Waals surface area contributed by atoms with Gasteiger partial charge in [0, 0.05) is 0 Å². The Bertz CT molecular complexity index is 624. The SMILES string of the molecule is COC(=O)c1c[c]([Na])cc(S(=O)(=O)[O-])c1C(=O)O.[Na+]. The summed E-state index contributed by atoms with van der Waals surface area (Å²) >= 11 is 0.343. The minimum absolute atomic E-state index is 0. The summed E-state index contributed by atoms with van der Waals surface area (Å²) in [6.07, 6.45) is 0. The molecule has 1 rings (SSSR count). The number of carbonyl (C=O) groups is 2. The molecule has 0 saturated heterocycles. The first-order valence-electron chi connectivity index (χ1n) is 4.60. The molecule has 0 aliphatic rings. The molecule has 10 heteroatoms. The zero-order chi connectivity index (χ0) is 14.1. The maximum absolute atomic E-state index is 11.4. The van der Waals surface area contributed by atoms with Crippen LogP contribution in [0.15, 0.2) is 17.0 Å². The van der Waals surface area contributed by atoms with Gasteiger partial charge in [-0.25, -0.2) is 0 Å². The van der Waals surface area contributed by atoms with Crippen molar-refractivity contribution in [3.05, 3.63) is 23.3 Å². The number of carboxylic acid groups (broad SMARTS) is 1. The zero-order valence-electron chi connectivity index (χ0n) is 10.5. The van der Waals surface area contributed by atoms with E-state index in [1.54, 1.807) is 0 Å². The predicted molar refractivity (Wildman–Crippen MR) is 58.1 cm³/mol. The minimum atomic E-state index is -4.98. The van der Waals surface area contributed by atoms with Gasteiger partial charge in [0.25, 0.3) is 0 Å². The van der Waals surface area contributed by atoms with Crippen molar-refractivity contribution in [2.24, 2.45) is 0 Å². The number of hydrogen-bond acceptors (Lipinski definition) is 6. The smallest absolute Gasteiger partial charge is 1.00 e. The van der Waals surface area contributed by atoms with E-state index in [9.17, 15) is 22.6 Å².